The van der Waals surface area contributed by atoms with E-state index in [0.29, 0.717) is 11.4 Å². The minimum atomic E-state index is -0.442. The van der Waals surface area contributed by atoms with Crippen molar-refractivity contribution in [2.45, 2.75) is 0 Å². The van der Waals surface area contributed by atoms with E-state index >= 15 is 0 Å². The number of benzene rings is 2. The van der Waals surface area contributed by atoms with E-state index in [1.54, 1.807) is 6.07 Å². The number of methoxy groups -OCH3 is 1. The number of nitrogens with one attached hydrogen (secondary N) is 1. The molecule has 22 heavy (non-hydrogen) atoms. The number of hydrogen-bond donors (Lipinski definition) is 1. The molecular formula is C17H14N2O3. The lowest BCUT2D eigenvalue weighted by Crippen LogP contribution is -2.00. The molecule has 1 heterocycles. The van der Waals surface area contributed by atoms with E-state index in [0.717, 1.165) is 17.1 Å². The van der Waals surface area contributed by atoms with Crippen molar-refractivity contribution in [2.24, 2.45) is 0 Å². The van der Waals surface area contributed by atoms with Gasteiger partial charge in [0, 0.05) is 5.56 Å². The molecule has 0 amide bonds. The number of aromatic nitrogens is 2. The second-order valence-corrected chi connectivity index (χ2v) is 4.60. The van der Waals surface area contributed by atoms with Crippen LogP contribution in [0, 0.1) is 0 Å². The highest BCUT2D eigenvalue weighted by atomic mass is 16.5. The third-order valence-corrected chi connectivity index (χ3v) is 3.11. The molecule has 0 atom stereocenters. The van der Waals surface area contributed by atoms with Crippen molar-refractivity contribution in [1.29, 1.82) is 0 Å². The molecule has 5 nitrogen and oxygen atoms in total. The van der Waals surface area contributed by atoms with Crippen LogP contribution in [0.5, 0.6) is 11.5 Å². The van der Waals surface area contributed by atoms with Gasteiger partial charge in [-0.3, -0.25) is 5.10 Å². The molecule has 0 bridgehead atoms. The lowest BCUT2D eigenvalue weighted by atomic mass is 10.1. The van der Waals surface area contributed by atoms with E-state index in [4.69, 9.17) is 4.74 Å². The van der Waals surface area contributed by atoms with E-state index in [1.807, 2.05) is 54.6 Å². The van der Waals surface area contributed by atoms with E-state index in [9.17, 15) is 4.79 Å². The Balaban J connectivity index is 1.76. The minimum absolute atomic E-state index is 0.321. The number of H-pyrrole nitrogens is 1. The molecular weight excluding hydrogens is 280 g/mol. The highest BCUT2D eigenvalue weighted by molar-refractivity contribution is 5.88. The first-order valence-corrected chi connectivity index (χ1v) is 6.73. The van der Waals surface area contributed by atoms with E-state index in [-0.39, 0.29) is 0 Å². The van der Waals surface area contributed by atoms with Crippen LogP contribution in [0.25, 0.3) is 11.3 Å². The van der Waals surface area contributed by atoms with Crippen molar-refractivity contribution < 1.29 is 14.3 Å². The maximum atomic E-state index is 11.4. The number of carbonyl (C=O) groups excluding carboxylic acids is 1. The fourth-order valence-corrected chi connectivity index (χ4v) is 2.00. The zero-order valence-electron chi connectivity index (χ0n) is 11.9. The predicted octanol–water partition coefficient (Wildman–Crippen LogP) is 3.66. The summed E-state index contributed by atoms with van der Waals surface area (Å²) in [7, 11) is 1.33. The molecule has 3 rings (SSSR count). The molecule has 0 unspecified atom stereocenters. The Morgan fingerprint density at radius 3 is 2.36 bits per heavy atom. The number of ether oxygens (including phenoxy) is 2. The number of carbonyl (C=O) groups is 1. The van der Waals surface area contributed by atoms with Gasteiger partial charge in [-0.05, 0) is 42.5 Å². The largest absolute Gasteiger partial charge is 0.464 e. The first-order chi connectivity index (χ1) is 10.8. The molecule has 1 N–H and O–H groups in total. The summed E-state index contributed by atoms with van der Waals surface area (Å²) in [6, 6.07) is 18.7. The predicted molar refractivity (Wildman–Crippen MR) is 81.9 cm³/mol. The van der Waals surface area contributed by atoms with Gasteiger partial charge < -0.3 is 9.47 Å². The van der Waals surface area contributed by atoms with Crippen LogP contribution in [0.4, 0.5) is 0 Å². The molecule has 0 radical (unpaired) electrons. The zero-order valence-corrected chi connectivity index (χ0v) is 11.9. The SMILES string of the molecule is COC(=O)c1cc(-c2ccc(Oc3ccccc3)cc2)n[nH]1. The number of rotatable bonds is 4. The molecule has 0 fully saturated rings. The molecule has 5 heteroatoms. The summed E-state index contributed by atoms with van der Waals surface area (Å²) >= 11 is 0. The van der Waals surface area contributed by atoms with Gasteiger partial charge in [-0.2, -0.15) is 5.10 Å². The molecule has 0 saturated heterocycles. The van der Waals surface area contributed by atoms with E-state index < -0.39 is 5.97 Å². The van der Waals surface area contributed by atoms with Crippen LogP contribution >= 0.6 is 0 Å². The average molecular weight is 294 g/mol. The van der Waals surface area contributed by atoms with Crippen molar-refractivity contribution in [2.75, 3.05) is 7.11 Å². The maximum absolute atomic E-state index is 11.4. The second-order valence-electron chi connectivity index (χ2n) is 4.60. The number of nitrogens with zero attached hydrogens (tertiary/aromatic N) is 1. The lowest BCUT2D eigenvalue weighted by molar-refractivity contribution is 0.0594. The van der Waals surface area contributed by atoms with Gasteiger partial charge in [-0.25, -0.2) is 4.79 Å². The molecule has 0 aliphatic heterocycles. The topological polar surface area (TPSA) is 64.2 Å². The Hall–Kier alpha value is -3.08. The normalized spacial score (nSPS) is 10.2. The molecule has 0 aliphatic carbocycles. The first-order valence-electron chi connectivity index (χ1n) is 6.73. The molecule has 0 spiro atoms. The maximum Gasteiger partial charge on any atom is 0.356 e. The van der Waals surface area contributed by atoms with Crippen molar-refractivity contribution in [3.05, 3.63) is 66.4 Å². The summed E-state index contributed by atoms with van der Waals surface area (Å²) in [5, 5.41) is 6.76. The van der Waals surface area contributed by atoms with Gasteiger partial charge in [0.05, 0.1) is 12.8 Å². The Kier molecular flexibility index (Phi) is 3.87. The first kappa shape index (κ1) is 13.9. The molecule has 2 aromatic carbocycles. The fourth-order valence-electron chi connectivity index (χ4n) is 2.00. The van der Waals surface area contributed by atoms with E-state index in [1.165, 1.54) is 7.11 Å². The summed E-state index contributed by atoms with van der Waals surface area (Å²) in [6.45, 7) is 0. The van der Waals surface area contributed by atoms with Gasteiger partial charge in [-0.1, -0.05) is 18.2 Å². The smallest absolute Gasteiger partial charge is 0.356 e. The summed E-state index contributed by atoms with van der Waals surface area (Å²) in [5.41, 5.74) is 1.88. The van der Waals surface area contributed by atoms with Crippen LogP contribution in [-0.2, 0) is 4.74 Å². The van der Waals surface area contributed by atoms with Gasteiger partial charge in [0.2, 0.25) is 0 Å². The summed E-state index contributed by atoms with van der Waals surface area (Å²) in [6.07, 6.45) is 0. The highest BCUT2D eigenvalue weighted by Crippen LogP contribution is 2.25. The Bertz CT molecular complexity index is 764. The third kappa shape index (κ3) is 2.98. The van der Waals surface area contributed by atoms with Gasteiger partial charge in [-0.15, -0.1) is 0 Å². The van der Waals surface area contributed by atoms with Crippen molar-refractivity contribution in [3.63, 3.8) is 0 Å². The number of hydrogen-bond acceptors (Lipinski definition) is 4. The Morgan fingerprint density at radius 1 is 1.00 bits per heavy atom. The van der Waals surface area contributed by atoms with Gasteiger partial charge in [0.1, 0.15) is 17.2 Å². The van der Waals surface area contributed by atoms with Crippen LogP contribution in [0.3, 0.4) is 0 Å². The minimum Gasteiger partial charge on any atom is -0.464 e. The molecule has 0 saturated carbocycles. The molecule has 1 aromatic heterocycles. The van der Waals surface area contributed by atoms with Gasteiger partial charge in [0.25, 0.3) is 0 Å². The lowest BCUT2D eigenvalue weighted by Gasteiger charge is -2.05. The van der Waals surface area contributed by atoms with Crippen molar-refractivity contribution in [1.82, 2.24) is 10.2 Å². The zero-order chi connectivity index (χ0) is 15.4. The fraction of sp³-hybridized carbons (Fsp3) is 0.0588. The van der Waals surface area contributed by atoms with Crippen LogP contribution in [0.15, 0.2) is 60.7 Å². The number of esters is 1. The molecule has 110 valence electrons. The quantitative estimate of drug-likeness (QED) is 0.746. The summed E-state index contributed by atoms with van der Waals surface area (Å²) < 4.78 is 10.4. The molecule has 0 aliphatic rings. The van der Waals surface area contributed by atoms with Crippen molar-refractivity contribution >= 4 is 5.97 Å². The van der Waals surface area contributed by atoms with Crippen LogP contribution in [-0.4, -0.2) is 23.3 Å². The molecule has 3 aromatic rings. The average Bonchev–Trinajstić information content (AvgIpc) is 3.06. The van der Waals surface area contributed by atoms with Gasteiger partial charge >= 0.3 is 5.97 Å². The number of aromatic amines is 1. The number of para-hydroxylation sites is 1. The summed E-state index contributed by atoms with van der Waals surface area (Å²) in [5.74, 6) is 1.07. The summed E-state index contributed by atoms with van der Waals surface area (Å²) in [4.78, 5) is 11.4. The Labute approximate surface area is 127 Å². The van der Waals surface area contributed by atoms with E-state index in [2.05, 4.69) is 14.9 Å². The third-order valence-electron chi connectivity index (χ3n) is 3.11. The standard InChI is InChI=1S/C17H14N2O3/c1-21-17(20)16-11-15(18-19-16)12-7-9-14(10-8-12)22-13-5-3-2-4-6-13/h2-11H,1H3,(H,18,19). The Morgan fingerprint density at radius 2 is 1.68 bits per heavy atom. The van der Waals surface area contributed by atoms with Crippen LogP contribution < -0.4 is 4.74 Å². The van der Waals surface area contributed by atoms with Gasteiger partial charge in [0.15, 0.2) is 0 Å². The highest BCUT2D eigenvalue weighted by Gasteiger charge is 2.10. The van der Waals surface area contributed by atoms with Crippen LogP contribution in [0.2, 0.25) is 0 Å². The van der Waals surface area contributed by atoms with Crippen molar-refractivity contribution in [3.8, 4) is 22.8 Å². The van der Waals surface area contributed by atoms with Crippen LogP contribution in [0.1, 0.15) is 10.5 Å². The monoisotopic (exact) mass is 294 g/mol. The second kappa shape index (κ2) is 6.13.